The molecule has 0 aromatic carbocycles. The average molecular weight is 215 g/mol. The Morgan fingerprint density at radius 2 is 2.13 bits per heavy atom. The molecule has 1 heterocycles. The number of β-amino-alcohol motifs (C(OH)–C–C–N with tert-alkyl or cyclic N) is 1. The molecule has 15 heavy (non-hydrogen) atoms. The average Bonchev–Trinajstić information content (AvgIpc) is 2.58. The molecule has 2 unspecified atom stereocenters. The van der Waals surface area contributed by atoms with Crippen molar-refractivity contribution in [3.8, 4) is 0 Å². The zero-order chi connectivity index (χ0) is 11.6. The van der Waals surface area contributed by atoms with Crippen molar-refractivity contribution in [2.45, 2.75) is 38.8 Å². The van der Waals surface area contributed by atoms with Crippen LogP contribution >= 0.6 is 0 Å². The Labute approximate surface area is 88.7 Å². The molecular formula is C10H17NO4. The van der Waals surface area contributed by atoms with Gasteiger partial charge >= 0.3 is 5.97 Å². The first-order chi connectivity index (χ1) is 6.97. The molecule has 1 aliphatic rings. The number of likely N-dealkylation sites (tertiary alicyclic amines) is 1. The van der Waals surface area contributed by atoms with Gasteiger partial charge < -0.3 is 15.1 Å². The topological polar surface area (TPSA) is 77.8 Å². The number of aliphatic carboxylic acids is 1. The van der Waals surface area contributed by atoms with Crippen LogP contribution < -0.4 is 0 Å². The third-order valence-electron chi connectivity index (χ3n) is 2.88. The third kappa shape index (κ3) is 2.47. The van der Waals surface area contributed by atoms with Crippen LogP contribution in [0.5, 0.6) is 0 Å². The molecule has 1 fully saturated rings. The second-order valence-corrected chi connectivity index (χ2v) is 4.04. The molecule has 5 heteroatoms. The van der Waals surface area contributed by atoms with E-state index in [-0.39, 0.29) is 24.8 Å². The fraction of sp³-hybridized carbons (Fsp3) is 0.800. The van der Waals surface area contributed by atoms with Crippen molar-refractivity contribution in [3.63, 3.8) is 0 Å². The van der Waals surface area contributed by atoms with Gasteiger partial charge in [0, 0.05) is 18.9 Å². The second kappa shape index (κ2) is 4.61. The molecule has 86 valence electrons. The largest absolute Gasteiger partial charge is 0.480 e. The predicted molar refractivity (Wildman–Crippen MR) is 53.2 cm³/mol. The quantitative estimate of drug-likeness (QED) is 0.698. The number of carboxylic acids is 1. The maximum Gasteiger partial charge on any atom is 0.326 e. The number of aliphatic hydroxyl groups is 1. The van der Waals surface area contributed by atoms with Gasteiger partial charge in [0.15, 0.2) is 0 Å². The lowest BCUT2D eigenvalue weighted by Crippen LogP contribution is -2.43. The number of hydrogen-bond donors (Lipinski definition) is 2. The van der Waals surface area contributed by atoms with Crippen LogP contribution in [0.3, 0.4) is 0 Å². The van der Waals surface area contributed by atoms with Gasteiger partial charge in [0.25, 0.3) is 0 Å². The zero-order valence-corrected chi connectivity index (χ0v) is 9.01. The van der Waals surface area contributed by atoms with Crippen molar-refractivity contribution in [2.24, 2.45) is 5.92 Å². The van der Waals surface area contributed by atoms with Crippen LogP contribution in [-0.4, -0.2) is 45.7 Å². The lowest BCUT2D eigenvalue weighted by Gasteiger charge is -2.24. The molecule has 3 atom stereocenters. The van der Waals surface area contributed by atoms with Gasteiger partial charge in [-0.1, -0.05) is 13.8 Å². The van der Waals surface area contributed by atoms with Crippen LogP contribution in [0.2, 0.25) is 0 Å². The second-order valence-electron chi connectivity index (χ2n) is 4.04. The molecule has 1 saturated heterocycles. The van der Waals surface area contributed by atoms with Gasteiger partial charge in [0.2, 0.25) is 5.91 Å². The van der Waals surface area contributed by atoms with Crippen molar-refractivity contribution < 1.29 is 19.8 Å². The molecule has 0 spiro atoms. The first kappa shape index (κ1) is 12.0. The van der Waals surface area contributed by atoms with E-state index in [2.05, 4.69) is 0 Å². The Bertz CT molecular complexity index is 266. The summed E-state index contributed by atoms with van der Waals surface area (Å²) >= 11 is 0. The monoisotopic (exact) mass is 215 g/mol. The molecule has 1 aliphatic heterocycles. The minimum atomic E-state index is -1.04. The Hall–Kier alpha value is -1.10. The number of carbonyl (C=O) groups is 2. The molecule has 0 bridgehead atoms. The lowest BCUT2D eigenvalue weighted by molar-refractivity contribution is -0.149. The Balaban J connectivity index is 2.75. The molecule has 2 N–H and O–H groups in total. The van der Waals surface area contributed by atoms with Gasteiger partial charge in [0.1, 0.15) is 6.04 Å². The van der Waals surface area contributed by atoms with Gasteiger partial charge in [-0.05, 0) is 6.42 Å². The van der Waals surface area contributed by atoms with Crippen LogP contribution in [0.25, 0.3) is 0 Å². The highest BCUT2D eigenvalue weighted by Crippen LogP contribution is 2.21. The summed E-state index contributed by atoms with van der Waals surface area (Å²) < 4.78 is 0. The summed E-state index contributed by atoms with van der Waals surface area (Å²) in [4.78, 5) is 23.9. The maximum atomic E-state index is 11.8. The minimum absolute atomic E-state index is 0.136. The predicted octanol–water partition coefficient (Wildman–Crippen LogP) is 0.0789. The highest BCUT2D eigenvalue weighted by Gasteiger charge is 2.39. The van der Waals surface area contributed by atoms with Crippen molar-refractivity contribution in [1.82, 2.24) is 4.90 Å². The van der Waals surface area contributed by atoms with Crippen LogP contribution in [0, 0.1) is 5.92 Å². The smallest absolute Gasteiger partial charge is 0.326 e. The Kier molecular flexibility index (Phi) is 3.68. The summed E-state index contributed by atoms with van der Waals surface area (Å²) in [5.41, 5.74) is 0. The van der Waals surface area contributed by atoms with Crippen LogP contribution in [-0.2, 0) is 9.59 Å². The van der Waals surface area contributed by atoms with Crippen LogP contribution in [0.15, 0.2) is 0 Å². The fourth-order valence-corrected chi connectivity index (χ4v) is 1.75. The van der Waals surface area contributed by atoms with E-state index in [0.29, 0.717) is 6.42 Å². The number of carbonyl (C=O) groups excluding carboxylic acids is 1. The molecule has 0 aromatic rings. The maximum absolute atomic E-state index is 11.8. The number of carboxylic acid groups (broad SMARTS) is 1. The van der Waals surface area contributed by atoms with E-state index < -0.39 is 18.1 Å². The van der Waals surface area contributed by atoms with Crippen LogP contribution in [0.4, 0.5) is 0 Å². The molecule has 1 rings (SSSR count). The Morgan fingerprint density at radius 1 is 1.53 bits per heavy atom. The molecule has 1 amide bonds. The van der Waals surface area contributed by atoms with E-state index >= 15 is 0 Å². The SMILES string of the molecule is CCC(C)C(=O)N1CC(O)C[C@H]1C(=O)O. The van der Waals surface area contributed by atoms with E-state index in [1.54, 1.807) is 6.92 Å². The number of aliphatic hydroxyl groups excluding tert-OH is 1. The highest BCUT2D eigenvalue weighted by molar-refractivity contribution is 5.85. The van der Waals surface area contributed by atoms with E-state index in [1.165, 1.54) is 4.90 Å². The van der Waals surface area contributed by atoms with Gasteiger partial charge in [-0.15, -0.1) is 0 Å². The van der Waals surface area contributed by atoms with Crippen molar-refractivity contribution in [2.75, 3.05) is 6.54 Å². The van der Waals surface area contributed by atoms with Crippen molar-refractivity contribution in [1.29, 1.82) is 0 Å². The van der Waals surface area contributed by atoms with Crippen molar-refractivity contribution >= 4 is 11.9 Å². The van der Waals surface area contributed by atoms with Gasteiger partial charge in [-0.2, -0.15) is 0 Å². The summed E-state index contributed by atoms with van der Waals surface area (Å²) in [6.45, 7) is 3.79. The van der Waals surface area contributed by atoms with Gasteiger partial charge in [-0.25, -0.2) is 4.79 Å². The normalized spacial score (nSPS) is 27.8. The molecule has 5 nitrogen and oxygen atoms in total. The standard InChI is InChI=1S/C10H17NO4/c1-3-6(2)9(13)11-5-7(12)4-8(11)10(14)15/h6-8,12H,3-5H2,1-2H3,(H,14,15)/t6?,7?,8-/m0/s1. The summed E-state index contributed by atoms with van der Waals surface area (Å²) in [5.74, 6) is -1.40. The van der Waals surface area contributed by atoms with Crippen LogP contribution in [0.1, 0.15) is 26.7 Å². The van der Waals surface area contributed by atoms with Crippen molar-refractivity contribution in [3.05, 3.63) is 0 Å². The summed E-state index contributed by atoms with van der Waals surface area (Å²) in [6, 6.07) is -0.860. The minimum Gasteiger partial charge on any atom is -0.480 e. The lowest BCUT2D eigenvalue weighted by atomic mass is 10.1. The van der Waals surface area contributed by atoms with Gasteiger partial charge in [-0.3, -0.25) is 4.79 Å². The number of amides is 1. The van der Waals surface area contributed by atoms with Gasteiger partial charge in [0.05, 0.1) is 6.10 Å². The summed E-state index contributed by atoms with van der Waals surface area (Å²) in [7, 11) is 0. The Morgan fingerprint density at radius 3 is 2.60 bits per heavy atom. The van der Waals surface area contributed by atoms with E-state index in [0.717, 1.165) is 0 Å². The molecule has 0 saturated carbocycles. The number of rotatable bonds is 3. The molecule has 0 aromatic heterocycles. The number of hydrogen-bond acceptors (Lipinski definition) is 3. The van der Waals surface area contributed by atoms with E-state index in [1.807, 2.05) is 6.92 Å². The number of nitrogens with zero attached hydrogens (tertiary/aromatic N) is 1. The first-order valence-corrected chi connectivity index (χ1v) is 5.18. The third-order valence-corrected chi connectivity index (χ3v) is 2.88. The first-order valence-electron chi connectivity index (χ1n) is 5.18. The molecular weight excluding hydrogens is 198 g/mol. The highest BCUT2D eigenvalue weighted by atomic mass is 16.4. The van der Waals surface area contributed by atoms with E-state index in [9.17, 15) is 14.7 Å². The zero-order valence-electron chi connectivity index (χ0n) is 9.01. The molecule has 0 aliphatic carbocycles. The summed E-state index contributed by atoms with van der Waals surface area (Å²) in [5, 5.41) is 18.3. The summed E-state index contributed by atoms with van der Waals surface area (Å²) in [6.07, 6.45) is 0.106. The van der Waals surface area contributed by atoms with E-state index in [4.69, 9.17) is 5.11 Å². The molecule has 0 radical (unpaired) electrons. The fourth-order valence-electron chi connectivity index (χ4n) is 1.75.